The standard InChI is InChI=1S/C24H25ClN4O/c1-14-6-5-7-16(10-14)27-23-28-19-12-24(3,4)13-20(30)21(19)22(29-23)26-17-9-8-15(2)18(25)11-17/h5-11H,12-13H2,1-4H3,(H2,26,27,28,29). The molecule has 5 nitrogen and oxygen atoms in total. The van der Waals surface area contributed by atoms with Crippen molar-refractivity contribution in [2.45, 2.75) is 40.5 Å². The molecule has 30 heavy (non-hydrogen) atoms. The Balaban J connectivity index is 1.78. The van der Waals surface area contributed by atoms with E-state index in [0.717, 1.165) is 28.2 Å². The summed E-state index contributed by atoms with van der Waals surface area (Å²) in [4.78, 5) is 22.3. The van der Waals surface area contributed by atoms with E-state index in [1.807, 2.05) is 56.3 Å². The quantitative estimate of drug-likeness (QED) is 0.511. The molecule has 0 spiro atoms. The summed E-state index contributed by atoms with van der Waals surface area (Å²) in [6.45, 7) is 8.18. The fourth-order valence-corrected chi connectivity index (χ4v) is 3.95. The molecular formula is C24H25ClN4O. The largest absolute Gasteiger partial charge is 0.339 e. The smallest absolute Gasteiger partial charge is 0.229 e. The molecule has 0 atom stereocenters. The predicted octanol–water partition coefficient (Wildman–Crippen LogP) is 6.39. The van der Waals surface area contributed by atoms with Crippen LogP contribution in [0.25, 0.3) is 0 Å². The lowest BCUT2D eigenvalue weighted by atomic mass is 9.75. The Bertz CT molecular complexity index is 1140. The van der Waals surface area contributed by atoms with Crippen LogP contribution in [-0.2, 0) is 6.42 Å². The number of anilines is 4. The van der Waals surface area contributed by atoms with Crippen molar-refractivity contribution < 1.29 is 4.79 Å². The summed E-state index contributed by atoms with van der Waals surface area (Å²) in [5.74, 6) is 1.03. The van der Waals surface area contributed by atoms with Crippen LogP contribution >= 0.6 is 11.6 Å². The number of aryl methyl sites for hydroxylation is 2. The van der Waals surface area contributed by atoms with Crippen LogP contribution in [0.2, 0.25) is 5.02 Å². The minimum absolute atomic E-state index is 0.0593. The number of ketones is 1. The van der Waals surface area contributed by atoms with Crippen LogP contribution in [0.15, 0.2) is 42.5 Å². The molecule has 0 saturated heterocycles. The summed E-state index contributed by atoms with van der Waals surface area (Å²) in [5.41, 5.74) is 5.02. The second kappa shape index (κ2) is 7.73. The van der Waals surface area contributed by atoms with Gasteiger partial charge >= 0.3 is 0 Å². The summed E-state index contributed by atoms with van der Waals surface area (Å²) in [5, 5.41) is 7.24. The van der Waals surface area contributed by atoms with Gasteiger partial charge in [-0.1, -0.05) is 43.6 Å². The first kappa shape index (κ1) is 20.4. The Morgan fingerprint density at radius 1 is 0.967 bits per heavy atom. The molecule has 3 aromatic rings. The zero-order chi connectivity index (χ0) is 21.5. The Morgan fingerprint density at radius 3 is 2.47 bits per heavy atom. The molecule has 1 aromatic heterocycles. The van der Waals surface area contributed by atoms with Crippen LogP contribution < -0.4 is 10.6 Å². The molecule has 1 aliphatic rings. The monoisotopic (exact) mass is 420 g/mol. The van der Waals surface area contributed by atoms with Gasteiger partial charge in [0.2, 0.25) is 5.95 Å². The van der Waals surface area contributed by atoms with Gasteiger partial charge in [-0.2, -0.15) is 4.98 Å². The predicted molar refractivity (Wildman–Crippen MR) is 122 cm³/mol. The third-order valence-electron chi connectivity index (χ3n) is 5.26. The third-order valence-corrected chi connectivity index (χ3v) is 5.66. The maximum atomic E-state index is 13.0. The van der Waals surface area contributed by atoms with Gasteiger partial charge in [0.1, 0.15) is 5.82 Å². The van der Waals surface area contributed by atoms with E-state index < -0.39 is 0 Å². The second-order valence-electron chi connectivity index (χ2n) is 8.74. The van der Waals surface area contributed by atoms with E-state index in [2.05, 4.69) is 29.5 Å². The number of benzene rings is 2. The highest BCUT2D eigenvalue weighted by atomic mass is 35.5. The van der Waals surface area contributed by atoms with E-state index in [9.17, 15) is 4.79 Å². The summed E-state index contributed by atoms with van der Waals surface area (Å²) in [6, 6.07) is 13.7. The highest BCUT2D eigenvalue weighted by Gasteiger charge is 2.35. The van der Waals surface area contributed by atoms with Crippen molar-refractivity contribution in [3.05, 3.63) is 69.9 Å². The molecule has 0 saturated carbocycles. The number of nitrogens with one attached hydrogen (secondary N) is 2. The summed E-state index contributed by atoms with van der Waals surface area (Å²) < 4.78 is 0. The normalized spacial score (nSPS) is 14.9. The van der Waals surface area contributed by atoms with E-state index in [-0.39, 0.29) is 11.2 Å². The zero-order valence-corrected chi connectivity index (χ0v) is 18.4. The number of carbonyl (C=O) groups excluding carboxylic acids is 1. The lowest BCUT2D eigenvalue weighted by molar-refractivity contribution is 0.0911. The molecule has 4 rings (SSSR count). The molecule has 2 N–H and O–H groups in total. The highest BCUT2D eigenvalue weighted by molar-refractivity contribution is 6.31. The van der Waals surface area contributed by atoms with Gasteiger partial charge in [0, 0.05) is 22.8 Å². The summed E-state index contributed by atoms with van der Waals surface area (Å²) >= 11 is 6.29. The molecular weight excluding hydrogens is 396 g/mol. The van der Waals surface area contributed by atoms with Crippen LogP contribution in [0, 0.1) is 19.3 Å². The molecule has 0 amide bonds. The highest BCUT2D eigenvalue weighted by Crippen LogP contribution is 2.38. The van der Waals surface area contributed by atoms with Gasteiger partial charge in [0.05, 0.1) is 11.3 Å². The second-order valence-corrected chi connectivity index (χ2v) is 9.15. The van der Waals surface area contributed by atoms with Gasteiger partial charge in [-0.25, -0.2) is 4.98 Å². The number of rotatable bonds is 4. The minimum Gasteiger partial charge on any atom is -0.339 e. The molecule has 154 valence electrons. The lowest BCUT2D eigenvalue weighted by Crippen LogP contribution is -2.29. The topological polar surface area (TPSA) is 66.9 Å². The van der Waals surface area contributed by atoms with Gasteiger partial charge < -0.3 is 10.6 Å². The van der Waals surface area contributed by atoms with Gasteiger partial charge in [-0.3, -0.25) is 4.79 Å². The summed E-state index contributed by atoms with van der Waals surface area (Å²) in [7, 11) is 0. The van der Waals surface area contributed by atoms with Crippen molar-refractivity contribution in [2.24, 2.45) is 5.41 Å². The first-order chi connectivity index (χ1) is 14.2. The van der Waals surface area contributed by atoms with Crippen LogP contribution in [0.3, 0.4) is 0 Å². The van der Waals surface area contributed by atoms with Gasteiger partial charge in [0.15, 0.2) is 5.78 Å². The molecule has 1 aliphatic carbocycles. The fourth-order valence-electron chi connectivity index (χ4n) is 3.77. The number of Topliss-reactive ketones (excluding diaryl/α,β-unsaturated/α-hetero) is 1. The Hall–Kier alpha value is -2.92. The molecule has 0 fully saturated rings. The van der Waals surface area contributed by atoms with Crippen molar-refractivity contribution in [1.29, 1.82) is 0 Å². The summed E-state index contributed by atoms with van der Waals surface area (Å²) in [6.07, 6.45) is 1.18. The average molecular weight is 421 g/mol. The van der Waals surface area contributed by atoms with Crippen LogP contribution in [0.5, 0.6) is 0 Å². The lowest BCUT2D eigenvalue weighted by Gasteiger charge is -2.30. The van der Waals surface area contributed by atoms with Crippen molar-refractivity contribution >= 4 is 40.5 Å². The molecule has 0 unspecified atom stereocenters. The van der Waals surface area contributed by atoms with Crippen LogP contribution in [0.1, 0.15) is 47.4 Å². The van der Waals surface area contributed by atoms with E-state index in [4.69, 9.17) is 16.6 Å². The average Bonchev–Trinajstić information content (AvgIpc) is 2.63. The van der Waals surface area contributed by atoms with Crippen LogP contribution in [0.4, 0.5) is 23.1 Å². The Morgan fingerprint density at radius 2 is 1.73 bits per heavy atom. The van der Waals surface area contributed by atoms with Crippen molar-refractivity contribution in [1.82, 2.24) is 9.97 Å². The van der Waals surface area contributed by atoms with E-state index >= 15 is 0 Å². The minimum atomic E-state index is -0.135. The number of hydrogen-bond donors (Lipinski definition) is 2. The molecule has 0 radical (unpaired) electrons. The molecule has 1 heterocycles. The van der Waals surface area contributed by atoms with Crippen molar-refractivity contribution in [3.8, 4) is 0 Å². The zero-order valence-electron chi connectivity index (χ0n) is 17.6. The number of hydrogen-bond acceptors (Lipinski definition) is 5. The van der Waals surface area contributed by atoms with Gasteiger partial charge in [-0.05, 0) is 61.1 Å². The fraction of sp³-hybridized carbons (Fsp3) is 0.292. The Kier molecular flexibility index (Phi) is 5.24. The van der Waals surface area contributed by atoms with E-state index in [1.54, 1.807) is 0 Å². The Labute approximate surface area is 181 Å². The van der Waals surface area contributed by atoms with E-state index in [0.29, 0.717) is 35.2 Å². The van der Waals surface area contributed by atoms with Gasteiger partial charge in [-0.15, -0.1) is 0 Å². The number of nitrogens with zero attached hydrogens (tertiary/aromatic N) is 2. The maximum absolute atomic E-state index is 13.0. The van der Waals surface area contributed by atoms with Crippen molar-refractivity contribution in [2.75, 3.05) is 10.6 Å². The number of halogens is 1. The molecule has 0 aliphatic heterocycles. The third kappa shape index (κ3) is 4.31. The maximum Gasteiger partial charge on any atom is 0.229 e. The SMILES string of the molecule is Cc1cccc(Nc2nc3c(c(Nc4ccc(C)c(Cl)c4)n2)C(=O)CC(C)(C)C3)c1. The first-order valence-corrected chi connectivity index (χ1v) is 10.4. The van der Waals surface area contributed by atoms with E-state index in [1.165, 1.54) is 0 Å². The number of aromatic nitrogens is 2. The number of carbonyl (C=O) groups is 1. The molecule has 2 aromatic carbocycles. The van der Waals surface area contributed by atoms with Crippen LogP contribution in [-0.4, -0.2) is 15.8 Å². The molecule has 0 bridgehead atoms. The number of fused-ring (bicyclic) bond motifs is 1. The molecule has 6 heteroatoms. The first-order valence-electron chi connectivity index (χ1n) is 10.0. The van der Waals surface area contributed by atoms with Crippen molar-refractivity contribution in [3.63, 3.8) is 0 Å². The van der Waals surface area contributed by atoms with Gasteiger partial charge in [0.25, 0.3) is 0 Å².